The molecule has 4 heteroatoms. The van der Waals surface area contributed by atoms with Gasteiger partial charge >= 0.3 is 0 Å². The van der Waals surface area contributed by atoms with E-state index in [1.807, 2.05) is 24.3 Å². The number of nitrogens with two attached hydrogens (primary N) is 1. The number of rotatable bonds is 4. The highest BCUT2D eigenvalue weighted by Crippen LogP contribution is 2.11. The number of ether oxygens (including phenoxy) is 1. The molecule has 4 nitrogen and oxygen atoms in total. The van der Waals surface area contributed by atoms with E-state index in [9.17, 15) is 4.79 Å². The van der Waals surface area contributed by atoms with Crippen LogP contribution in [0.4, 0.5) is 0 Å². The van der Waals surface area contributed by atoms with Gasteiger partial charge in [-0.2, -0.15) is 0 Å². The Morgan fingerprint density at radius 3 is 2.93 bits per heavy atom. The Labute approximate surface area is 89.4 Å². The van der Waals surface area contributed by atoms with Crippen LogP contribution < -0.4 is 15.8 Å². The summed E-state index contributed by atoms with van der Waals surface area (Å²) in [5.41, 5.74) is 6.41. The molecule has 15 heavy (non-hydrogen) atoms. The van der Waals surface area contributed by atoms with Crippen molar-refractivity contribution in [2.24, 2.45) is 5.73 Å². The first-order valence-corrected chi connectivity index (χ1v) is 4.79. The van der Waals surface area contributed by atoms with Gasteiger partial charge in [0.2, 0.25) is 5.91 Å². The van der Waals surface area contributed by atoms with Gasteiger partial charge in [-0.05, 0) is 24.6 Å². The van der Waals surface area contributed by atoms with Crippen LogP contribution in [0.15, 0.2) is 24.3 Å². The number of nitrogens with one attached hydrogen (secondary N) is 1. The van der Waals surface area contributed by atoms with E-state index in [1.54, 1.807) is 14.0 Å². The highest BCUT2D eigenvalue weighted by molar-refractivity contribution is 5.80. The van der Waals surface area contributed by atoms with E-state index in [0.717, 1.165) is 11.3 Å². The van der Waals surface area contributed by atoms with E-state index >= 15 is 0 Å². The topological polar surface area (TPSA) is 64.3 Å². The maximum absolute atomic E-state index is 11.2. The maximum atomic E-state index is 11.2. The summed E-state index contributed by atoms with van der Waals surface area (Å²) in [6.45, 7) is 2.12. The van der Waals surface area contributed by atoms with E-state index in [0.29, 0.717) is 6.54 Å². The summed E-state index contributed by atoms with van der Waals surface area (Å²) >= 11 is 0. The van der Waals surface area contributed by atoms with Crippen molar-refractivity contribution in [1.29, 1.82) is 0 Å². The van der Waals surface area contributed by atoms with Crippen molar-refractivity contribution in [1.82, 2.24) is 5.32 Å². The van der Waals surface area contributed by atoms with Gasteiger partial charge in [-0.25, -0.2) is 0 Å². The lowest BCUT2D eigenvalue weighted by atomic mass is 10.2. The number of hydrogen-bond donors (Lipinski definition) is 2. The molecule has 0 spiro atoms. The lowest BCUT2D eigenvalue weighted by molar-refractivity contribution is -0.122. The molecule has 1 aromatic carbocycles. The monoisotopic (exact) mass is 208 g/mol. The van der Waals surface area contributed by atoms with Gasteiger partial charge in [0.05, 0.1) is 13.2 Å². The van der Waals surface area contributed by atoms with Crippen LogP contribution in [0.2, 0.25) is 0 Å². The molecule has 1 unspecified atom stereocenters. The second-order valence-corrected chi connectivity index (χ2v) is 3.36. The van der Waals surface area contributed by atoms with E-state index < -0.39 is 6.04 Å². The van der Waals surface area contributed by atoms with Crippen molar-refractivity contribution >= 4 is 5.91 Å². The predicted molar refractivity (Wildman–Crippen MR) is 58.5 cm³/mol. The van der Waals surface area contributed by atoms with Crippen LogP contribution in [-0.4, -0.2) is 19.1 Å². The second-order valence-electron chi connectivity index (χ2n) is 3.36. The van der Waals surface area contributed by atoms with Gasteiger partial charge in [0, 0.05) is 6.54 Å². The van der Waals surface area contributed by atoms with Crippen molar-refractivity contribution in [2.75, 3.05) is 7.11 Å². The lowest BCUT2D eigenvalue weighted by Crippen LogP contribution is -2.37. The highest BCUT2D eigenvalue weighted by Gasteiger charge is 2.06. The van der Waals surface area contributed by atoms with Gasteiger partial charge in [0.25, 0.3) is 0 Å². The number of carbonyl (C=O) groups excluding carboxylic acids is 1. The number of amides is 1. The molecular weight excluding hydrogens is 192 g/mol. The van der Waals surface area contributed by atoms with Crippen molar-refractivity contribution in [3.05, 3.63) is 29.8 Å². The molecule has 0 aliphatic carbocycles. The summed E-state index contributed by atoms with van der Waals surface area (Å²) in [5, 5.41) is 2.73. The zero-order chi connectivity index (χ0) is 11.3. The van der Waals surface area contributed by atoms with Crippen molar-refractivity contribution in [3.63, 3.8) is 0 Å². The molecule has 1 rings (SSSR count). The number of methoxy groups -OCH3 is 1. The summed E-state index contributed by atoms with van der Waals surface area (Å²) in [4.78, 5) is 11.2. The quantitative estimate of drug-likeness (QED) is 0.764. The fourth-order valence-corrected chi connectivity index (χ4v) is 1.13. The average Bonchev–Trinajstić information content (AvgIpc) is 2.26. The largest absolute Gasteiger partial charge is 0.497 e. The van der Waals surface area contributed by atoms with Gasteiger partial charge in [0.15, 0.2) is 0 Å². The van der Waals surface area contributed by atoms with Crippen LogP contribution in [0.3, 0.4) is 0 Å². The summed E-state index contributed by atoms with van der Waals surface area (Å²) in [5.74, 6) is 0.625. The molecule has 0 aliphatic rings. The molecule has 3 N–H and O–H groups in total. The number of benzene rings is 1. The molecule has 1 amide bonds. The molecule has 0 fully saturated rings. The predicted octanol–water partition coefficient (Wildman–Crippen LogP) is 0.659. The SMILES string of the molecule is COc1cccc(CNC(=O)C(C)N)c1. The molecule has 82 valence electrons. The Bertz CT molecular complexity index is 337. The minimum atomic E-state index is -0.476. The maximum Gasteiger partial charge on any atom is 0.236 e. The minimum Gasteiger partial charge on any atom is -0.497 e. The van der Waals surface area contributed by atoms with Gasteiger partial charge in [-0.1, -0.05) is 12.1 Å². The van der Waals surface area contributed by atoms with Gasteiger partial charge in [0.1, 0.15) is 5.75 Å². The van der Waals surface area contributed by atoms with Crippen molar-refractivity contribution < 1.29 is 9.53 Å². The summed E-state index contributed by atoms with van der Waals surface area (Å²) < 4.78 is 5.07. The second kappa shape index (κ2) is 5.36. The Morgan fingerprint density at radius 2 is 2.33 bits per heavy atom. The molecule has 0 saturated carbocycles. The van der Waals surface area contributed by atoms with Gasteiger partial charge in [-0.15, -0.1) is 0 Å². The smallest absolute Gasteiger partial charge is 0.236 e. The first-order valence-electron chi connectivity index (χ1n) is 4.79. The Balaban J connectivity index is 2.54. The van der Waals surface area contributed by atoms with Crippen LogP contribution in [-0.2, 0) is 11.3 Å². The third-order valence-corrected chi connectivity index (χ3v) is 2.01. The molecule has 0 aromatic heterocycles. The Morgan fingerprint density at radius 1 is 1.60 bits per heavy atom. The number of hydrogen-bond acceptors (Lipinski definition) is 3. The van der Waals surface area contributed by atoms with E-state index in [4.69, 9.17) is 10.5 Å². The number of carbonyl (C=O) groups is 1. The average molecular weight is 208 g/mol. The lowest BCUT2D eigenvalue weighted by Gasteiger charge is -2.08. The standard InChI is InChI=1S/C11H16N2O2/c1-8(12)11(14)13-7-9-4-3-5-10(6-9)15-2/h3-6,8H,7,12H2,1-2H3,(H,13,14). The minimum absolute atomic E-state index is 0.155. The van der Waals surface area contributed by atoms with Crippen LogP contribution in [0.1, 0.15) is 12.5 Å². The summed E-state index contributed by atoms with van der Waals surface area (Å²) in [7, 11) is 1.61. The Kier molecular flexibility index (Phi) is 4.12. The van der Waals surface area contributed by atoms with Crippen molar-refractivity contribution in [2.45, 2.75) is 19.5 Å². The third-order valence-electron chi connectivity index (χ3n) is 2.01. The third kappa shape index (κ3) is 3.59. The molecule has 1 aromatic rings. The van der Waals surface area contributed by atoms with E-state index in [2.05, 4.69) is 5.32 Å². The van der Waals surface area contributed by atoms with Crippen LogP contribution >= 0.6 is 0 Å². The summed E-state index contributed by atoms with van der Waals surface area (Å²) in [6.07, 6.45) is 0. The zero-order valence-electron chi connectivity index (χ0n) is 8.99. The fraction of sp³-hybridized carbons (Fsp3) is 0.364. The van der Waals surface area contributed by atoms with Crippen LogP contribution in [0.5, 0.6) is 5.75 Å². The van der Waals surface area contributed by atoms with E-state index in [-0.39, 0.29) is 5.91 Å². The molecule has 0 radical (unpaired) electrons. The van der Waals surface area contributed by atoms with Gasteiger partial charge < -0.3 is 15.8 Å². The van der Waals surface area contributed by atoms with Gasteiger partial charge in [-0.3, -0.25) is 4.79 Å². The van der Waals surface area contributed by atoms with Crippen LogP contribution in [0, 0.1) is 0 Å². The molecule has 1 atom stereocenters. The van der Waals surface area contributed by atoms with E-state index in [1.165, 1.54) is 0 Å². The molecule has 0 bridgehead atoms. The molecule has 0 aliphatic heterocycles. The normalized spacial score (nSPS) is 11.9. The van der Waals surface area contributed by atoms with Crippen LogP contribution in [0.25, 0.3) is 0 Å². The Hall–Kier alpha value is -1.55. The summed E-state index contributed by atoms with van der Waals surface area (Å²) in [6, 6.07) is 7.06. The fourth-order valence-electron chi connectivity index (χ4n) is 1.13. The first kappa shape index (κ1) is 11.5. The van der Waals surface area contributed by atoms with Crippen molar-refractivity contribution in [3.8, 4) is 5.75 Å². The molecular formula is C11H16N2O2. The first-order chi connectivity index (χ1) is 7.13. The highest BCUT2D eigenvalue weighted by atomic mass is 16.5. The zero-order valence-corrected chi connectivity index (χ0v) is 8.99. The molecule has 0 saturated heterocycles. The molecule has 0 heterocycles.